The molecule has 3 aromatic heterocycles. The zero-order valence-corrected chi connectivity index (χ0v) is 46.3. The van der Waals surface area contributed by atoms with Crippen molar-refractivity contribution in [1.29, 1.82) is 0 Å². The van der Waals surface area contributed by atoms with Crippen molar-refractivity contribution in [2.75, 3.05) is 0 Å². The number of fused-ring (bicyclic) bond motifs is 4. The molecule has 0 N–H and O–H groups in total. The summed E-state index contributed by atoms with van der Waals surface area (Å²) < 4.78 is 6.54. The fourth-order valence-corrected chi connectivity index (χ4v) is 14.1. The summed E-state index contributed by atoms with van der Waals surface area (Å²) in [6.45, 7) is 16.0. The maximum atomic E-state index is 5.32. The summed E-state index contributed by atoms with van der Waals surface area (Å²) in [4.78, 5) is 10.2. The van der Waals surface area contributed by atoms with E-state index in [0.29, 0.717) is 17.8 Å². The van der Waals surface area contributed by atoms with Crippen molar-refractivity contribution in [3.63, 3.8) is 0 Å². The molecule has 0 bridgehead atoms. The van der Waals surface area contributed by atoms with E-state index >= 15 is 0 Å². The predicted molar refractivity (Wildman–Crippen MR) is 292 cm³/mol. The third kappa shape index (κ3) is 10.0. The summed E-state index contributed by atoms with van der Waals surface area (Å²) in [5, 5.41) is 2.58. The molecule has 0 saturated carbocycles. The number of rotatable bonds is 10. The van der Waals surface area contributed by atoms with Crippen LogP contribution in [0.25, 0.3) is 81.8 Å². The fraction of sp³-hybridized carbons (Fsp3) is 0.226. The third-order valence-electron chi connectivity index (χ3n) is 12.8. The Morgan fingerprint density at radius 2 is 1.24 bits per heavy atom. The number of hydrogen-bond acceptors (Lipinski definition) is 3. The average molecular weight is 1150 g/mol. The molecule has 0 spiro atoms. The van der Waals surface area contributed by atoms with Crippen molar-refractivity contribution in [1.82, 2.24) is 14.5 Å². The molecular weight excluding hydrogens is 1080 g/mol. The van der Waals surface area contributed by atoms with Crippen LogP contribution in [0.5, 0.6) is 0 Å². The Morgan fingerprint density at radius 1 is 0.618 bits per heavy atom. The molecule has 3 heterocycles. The quantitative estimate of drug-likeness (QED) is 0.101. The number of imidazole rings is 1. The fourth-order valence-electron chi connectivity index (χ4n) is 9.46. The van der Waals surface area contributed by atoms with Gasteiger partial charge in [-0.2, -0.15) is 11.3 Å². The van der Waals surface area contributed by atoms with Gasteiger partial charge < -0.3 is 4.57 Å². The van der Waals surface area contributed by atoms with Crippen molar-refractivity contribution >= 4 is 60.2 Å². The first-order chi connectivity index (χ1) is 32.3. The van der Waals surface area contributed by atoms with Gasteiger partial charge in [-0.15, -0.1) is 18.2 Å². The molecule has 68 heavy (non-hydrogen) atoms. The molecule has 0 atom stereocenters. The van der Waals surface area contributed by atoms with Crippen LogP contribution >= 0.6 is 11.3 Å². The smallest absolute Gasteiger partial charge is 0.0774 e. The molecule has 345 valence electrons. The van der Waals surface area contributed by atoms with Gasteiger partial charge in [0, 0.05) is 30.5 Å². The van der Waals surface area contributed by atoms with Gasteiger partial charge in [0.15, 0.2) is 0 Å². The molecular formula is C62H61GeIrN3S-2. The molecule has 1 radical (unpaired) electrons. The van der Waals surface area contributed by atoms with Crippen LogP contribution in [-0.2, 0) is 26.5 Å². The first-order valence-electron chi connectivity index (χ1n) is 23.9. The summed E-state index contributed by atoms with van der Waals surface area (Å²) in [6.07, 6.45) is 3.27. The van der Waals surface area contributed by atoms with Crippen molar-refractivity contribution in [3.05, 3.63) is 192 Å². The molecule has 10 rings (SSSR count). The zero-order chi connectivity index (χ0) is 47.0. The van der Waals surface area contributed by atoms with Crippen molar-refractivity contribution in [3.8, 4) is 50.6 Å². The van der Waals surface area contributed by atoms with Crippen molar-refractivity contribution in [2.45, 2.75) is 84.0 Å². The molecule has 0 unspecified atom stereocenters. The molecule has 3 nitrogen and oxygen atoms in total. The molecule has 10 aromatic rings. The van der Waals surface area contributed by atoms with Crippen LogP contribution < -0.4 is 4.40 Å². The van der Waals surface area contributed by atoms with Gasteiger partial charge in [0.25, 0.3) is 0 Å². The Balaban J connectivity index is 0.000000201. The van der Waals surface area contributed by atoms with Crippen LogP contribution in [0.15, 0.2) is 158 Å². The summed E-state index contributed by atoms with van der Waals surface area (Å²) in [5.74, 6) is 9.60. The number of hydrogen-bond donors (Lipinski definition) is 0. The van der Waals surface area contributed by atoms with Crippen LogP contribution in [0, 0.1) is 25.0 Å². The molecule has 6 heteroatoms. The van der Waals surface area contributed by atoms with Crippen molar-refractivity contribution in [2.24, 2.45) is 5.92 Å². The number of benzene rings is 7. The topological polar surface area (TPSA) is 30.7 Å². The Labute approximate surface area is 424 Å². The van der Waals surface area contributed by atoms with E-state index in [-0.39, 0.29) is 20.1 Å². The van der Waals surface area contributed by atoms with Gasteiger partial charge in [-0.3, -0.25) is 4.98 Å². The first kappa shape index (κ1) is 49.0. The minimum atomic E-state index is -1.93. The van der Waals surface area contributed by atoms with Crippen LogP contribution in [0.4, 0.5) is 0 Å². The summed E-state index contributed by atoms with van der Waals surface area (Å²) in [7, 11) is 0. The number of thiophene rings is 1. The van der Waals surface area contributed by atoms with Gasteiger partial charge >= 0.3 is 161 Å². The van der Waals surface area contributed by atoms with E-state index in [0.717, 1.165) is 40.1 Å². The van der Waals surface area contributed by atoms with Crippen LogP contribution in [0.2, 0.25) is 17.3 Å². The summed E-state index contributed by atoms with van der Waals surface area (Å²) in [6, 6.07) is 61.1. The average Bonchev–Trinajstić information content (AvgIpc) is 3.91. The zero-order valence-electron chi connectivity index (χ0n) is 41.0. The number of nitrogens with zero attached hydrogens (tertiary/aromatic N) is 3. The van der Waals surface area contributed by atoms with E-state index in [4.69, 9.17) is 9.97 Å². The van der Waals surface area contributed by atoms with Gasteiger partial charge in [-0.25, -0.2) is 0 Å². The second kappa shape index (κ2) is 20.7. The van der Waals surface area contributed by atoms with E-state index in [1.54, 1.807) is 0 Å². The number of aromatic nitrogens is 3. The minimum Gasteiger partial charge on any atom is -0.333 e. The van der Waals surface area contributed by atoms with E-state index in [1.165, 1.54) is 74.8 Å². The monoisotopic (exact) mass is 1150 g/mol. The van der Waals surface area contributed by atoms with Gasteiger partial charge in [0.1, 0.15) is 0 Å². The second-order valence-electron chi connectivity index (χ2n) is 20.0. The summed E-state index contributed by atoms with van der Waals surface area (Å²) in [5.41, 5.74) is 17.0. The van der Waals surface area contributed by atoms with Gasteiger partial charge in [-0.05, 0) is 80.9 Å². The third-order valence-corrected chi connectivity index (χ3v) is 18.5. The number of aryl methyl sites for hydroxylation is 1. The maximum Gasteiger partial charge on any atom is 0.0774 e. The Hall–Kier alpha value is -5.43. The van der Waals surface area contributed by atoms with E-state index in [9.17, 15) is 0 Å². The maximum absolute atomic E-state index is 5.32. The number of pyridine rings is 1. The SMILES string of the molecule is CC(C)Cc1cc(-c2[c-]ccc(-c3ccccc3)c2)nc[c]1[Ge]([CH3])([CH3])[CH3].Cc1cccc2c1sc1c(-c3nc4ccccc4n3-c3c(C(C)C)cc(-c4ccccc4)cc3C(C)C)[c-]ccc12.[Ir]. The molecule has 0 amide bonds. The molecule has 0 aliphatic carbocycles. The Bertz CT molecular complexity index is 3330. The largest absolute Gasteiger partial charge is 0.333 e. The second-order valence-corrected chi connectivity index (χ2v) is 31.6. The van der Waals surface area contributed by atoms with Gasteiger partial charge in [0.05, 0.1) is 16.9 Å². The Morgan fingerprint density at radius 3 is 1.88 bits per heavy atom. The first-order valence-corrected chi connectivity index (χ1v) is 32.0. The van der Waals surface area contributed by atoms with E-state index < -0.39 is 13.3 Å². The molecule has 7 aromatic carbocycles. The predicted octanol–water partition coefficient (Wildman–Crippen LogP) is 17.0. The number of para-hydroxylation sites is 2. The van der Waals surface area contributed by atoms with Gasteiger partial charge in [-0.1, -0.05) is 99.3 Å². The Kier molecular flexibility index (Phi) is 14.9. The van der Waals surface area contributed by atoms with E-state index in [1.807, 2.05) is 17.4 Å². The standard InChI is InChI=1S/C38H33N2S.C24H28GeN.Ir/c1-23(2)31-21-27(26-14-7-6-8-15-26)22-32(24(3)4)35(31)40-34-20-10-9-19-33(34)39-38(40)30-18-12-17-29-28-16-11-13-25(5)36(28)41-37(29)30;1-18(2)14-22-16-24(26-17-23(22)25(3,4)5)21-13-9-12-20(15-21)19-10-7-6-8-11-19;/h6-17,19-24H,1-5H3;6-12,15-18H,14H2,1-5H3;/q2*-1;. The summed E-state index contributed by atoms with van der Waals surface area (Å²) >= 11 is -0.0727. The molecule has 0 fully saturated rings. The van der Waals surface area contributed by atoms with Gasteiger partial charge in [0.2, 0.25) is 0 Å². The normalized spacial score (nSPS) is 11.7. The van der Waals surface area contributed by atoms with Crippen LogP contribution in [0.1, 0.15) is 75.6 Å². The van der Waals surface area contributed by atoms with Crippen LogP contribution in [0.3, 0.4) is 0 Å². The minimum absolute atomic E-state index is 0. The molecule has 0 aliphatic heterocycles. The molecule has 0 aliphatic rings. The molecule has 0 saturated heterocycles. The van der Waals surface area contributed by atoms with Crippen LogP contribution in [-0.4, -0.2) is 27.8 Å². The van der Waals surface area contributed by atoms with Crippen molar-refractivity contribution < 1.29 is 20.1 Å². The van der Waals surface area contributed by atoms with E-state index in [2.05, 4.69) is 234 Å².